The molecular formula is C18H22N2O4S. The number of carbonyl (C=O) groups is 2. The minimum absolute atomic E-state index is 0.0413. The van der Waals surface area contributed by atoms with Gasteiger partial charge >= 0.3 is 0 Å². The summed E-state index contributed by atoms with van der Waals surface area (Å²) in [5.74, 6) is 1.08. The zero-order chi connectivity index (χ0) is 18.2. The molecule has 25 heavy (non-hydrogen) atoms. The fourth-order valence-corrected chi connectivity index (χ4v) is 2.95. The van der Waals surface area contributed by atoms with Crippen molar-refractivity contribution in [3.8, 4) is 11.5 Å². The predicted molar refractivity (Wildman–Crippen MR) is 97.3 cm³/mol. The number of hydrogen-bond acceptors (Lipinski definition) is 5. The number of rotatable bonds is 8. The fraction of sp³-hybridized carbons (Fsp3) is 0.333. The number of thiophene rings is 1. The highest BCUT2D eigenvalue weighted by Gasteiger charge is 2.12. The molecule has 1 aromatic heterocycles. The van der Waals surface area contributed by atoms with Crippen LogP contribution in [-0.2, 0) is 11.3 Å². The van der Waals surface area contributed by atoms with Crippen molar-refractivity contribution in [3.63, 3.8) is 0 Å². The molecule has 7 heteroatoms. The molecule has 1 heterocycles. The Morgan fingerprint density at radius 3 is 2.56 bits per heavy atom. The van der Waals surface area contributed by atoms with Gasteiger partial charge in [0.15, 0.2) is 11.5 Å². The topological polar surface area (TPSA) is 67.9 Å². The number of carbonyl (C=O) groups excluding carboxylic acids is 2. The molecule has 2 rings (SSSR count). The van der Waals surface area contributed by atoms with Crippen LogP contribution in [0.25, 0.3) is 0 Å². The van der Waals surface area contributed by atoms with Crippen molar-refractivity contribution in [3.05, 3.63) is 46.2 Å². The van der Waals surface area contributed by atoms with Crippen LogP contribution in [0.4, 0.5) is 0 Å². The summed E-state index contributed by atoms with van der Waals surface area (Å²) in [5.41, 5.74) is 1.56. The summed E-state index contributed by atoms with van der Waals surface area (Å²) in [6, 6.07) is 7.31. The first-order valence-electron chi connectivity index (χ1n) is 7.80. The standard InChI is InChI=1S/C18H22N2O4S/c1-20(11-13-4-5-15(23-2)16(10-13)24-3)17(21)6-8-19-18(22)14-7-9-25-12-14/h4-5,7,9-10,12H,6,8,11H2,1-3H3,(H,19,22). The molecular weight excluding hydrogens is 340 g/mol. The predicted octanol–water partition coefficient (Wildman–Crippen LogP) is 2.54. The van der Waals surface area contributed by atoms with Crippen molar-refractivity contribution in [1.82, 2.24) is 10.2 Å². The fourth-order valence-electron chi connectivity index (χ4n) is 2.31. The monoisotopic (exact) mass is 362 g/mol. The van der Waals surface area contributed by atoms with Gasteiger partial charge in [-0.2, -0.15) is 11.3 Å². The van der Waals surface area contributed by atoms with Crippen LogP contribution in [0.1, 0.15) is 22.3 Å². The number of benzene rings is 1. The Labute approximate surface area is 151 Å². The molecule has 0 saturated heterocycles. The Bertz CT molecular complexity index is 716. The summed E-state index contributed by atoms with van der Waals surface area (Å²) in [6.45, 7) is 0.765. The third-order valence-electron chi connectivity index (χ3n) is 3.70. The second-order valence-electron chi connectivity index (χ2n) is 5.46. The van der Waals surface area contributed by atoms with Crippen LogP contribution in [0.2, 0.25) is 0 Å². The summed E-state index contributed by atoms with van der Waals surface area (Å²) in [4.78, 5) is 25.7. The Balaban J connectivity index is 1.83. The number of ether oxygens (including phenoxy) is 2. The maximum absolute atomic E-state index is 12.2. The second kappa shape index (κ2) is 9.08. The molecule has 0 aliphatic carbocycles. The molecule has 0 fully saturated rings. The van der Waals surface area contributed by atoms with Gasteiger partial charge in [-0.25, -0.2) is 0 Å². The van der Waals surface area contributed by atoms with Crippen LogP contribution in [-0.4, -0.2) is 44.5 Å². The Hall–Kier alpha value is -2.54. The molecule has 0 radical (unpaired) electrons. The van der Waals surface area contributed by atoms with Crippen molar-refractivity contribution >= 4 is 23.2 Å². The largest absolute Gasteiger partial charge is 0.493 e. The molecule has 0 aliphatic rings. The second-order valence-corrected chi connectivity index (χ2v) is 6.24. The minimum atomic E-state index is -0.156. The van der Waals surface area contributed by atoms with Crippen molar-refractivity contribution in [2.75, 3.05) is 27.8 Å². The number of nitrogens with zero attached hydrogens (tertiary/aromatic N) is 1. The SMILES string of the molecule is COc1ccc(CN(C)C(=O)CCNC(=O)c2ccsc2)cc1OC. The van der Waals surface area contributed by atoms with Crippen LogP contribution < -0.4 is 14.8 Å². The van der Waals surface area contributed by atoms with Crippen LogP contribution in [0, 0.1) is 0 Å². The van der Waals surface area contributed by atoms with Crippen LogP contribution in [0.3, 0.4) is 0 Å². The quantitative estimate of drug-likeness (QED) is 0.784. The summed E-state index contributed by atoms with van der Waals surface area (Å²) in [5, 5.41) is 6.37. The molecule has 0 atom stereocenters. The van der Waals surface area contributed by atoms with Gasteiger partial charge in [0, 0.05) is 37.5 Å². The van der Waals surface area contributed by atoms with Crippen molar-refractivity contribution in [1.29, 1.82) is 0 Å². The lowest BCUT2D eigenvalue weighted by Gasteiger charge is -2.18. The molecule has 134 valence electrons. The molecule has 2 amide bonds. The first-order chi connectivity index (χ1) is 12.0. The Morgan fingerprint density at radius 2 is 1.92 bits per heavy atom. The maximum Gasteiger partial charge on any atom is 0.252 e. The molecule has 0 bridgehead atoms. The van der Waals surface area contributed by atoms with Crippen molar-refractivity contribution in [2.24, 2.45) is 0 Å². The molecule has 6 nitrogen and oxygen atoms in total. The zero-order valence-electron chi connectivity index (χ0n) is 14.6. The van der Waals surface area contributed by atoms with Gasteiger partial charge in [0.1, 0.15) is 0 Å². The number of nitrogens with one attached hydrogen (secondary N) is 1. The summed E-state index contributed by atoms with van der Waals surface area (Å²) < 4.78 is 10.5. The lowest BCUT2D eigenvalue weighted by atomic mass is 10.2. The van der Waals surface area contributed by atoms with Gasteiger partial charge < -0.3 is 19.7 Å². The van der Waals surface area contributed by atoms with Gasteiger partial charge in [-0.1, -0.05) is 6.07 Å². The normalized spacial score (nSPS) is 10.2. The minimum Gasteiger partial charge on any atom is -0.493 e. The van der Waals surface area contributed by atoms with E-state index >= 15 is 0 Å². The van der Waals surface area contributed by atoms with E-state index in [1.165, 1.54) is 11.3 Å². The number of amides is 2. The summed E-state index contributed by atoms with van der Waals surface area (Å²) >= 11 is 1.46. The smallest absolute Gasteiger partial charge is 0.252 e. The van der Waals surface area contributed by atoms with Crippen LogP contribution >= 0.6 is 11.3 Å². The van der Waals surface area contributed by atoms with Crippen molar-refractivity contribution < 1.29 is 19.1 Å². The van der Waals surface area contributed by atoms with E-state index in [9.17, 15) is 9.59 Å². The molecule has 0 aliphatic heterocycles. The lowest BCUT2D eigenvalue weighted by molar-refractivity contribution is -0.130. The van der Waals surface area contributed by atoms with Gasteiger partial charge in [-0.05, 0) is 29.1 Å². The van der Waals surface area contributed by atoms with E-state index in [-0.39, 0.29) is 18.2 Å². The highest BCUT2D eigenvalue weighted by molar-refractivity contribution is 7.08. The molecule has 0 saturated carbocycles. The Morgan fingerprint density at radius 1 is 1.16 bits per heavy atom. The van der Waals surface area contributed by atoms with Gasteiger partial charge in [0.2, 0.25) is 5.91 Å². The van der Waals surface area contributed by atoms with Crippen LogP contribution in [0.15, 0.2) is 35.0 Å². The van der Waals surface area contributed by atoms with Gasteiger partial charge in [0.25, 0.3) is 5.91 Å². The van der Waals surface area contributed by atoms with E-state index in [1.807, 2.05) is 23.6 Å². The maximum atomic E-state index is 12.2. The Kier molecular flexibility index (Phi) is 6.82. The van der Waals surface area contributed by atoms with E-state index in [0.29, 0.717) is 30.2 Å². The molecule has 0 spiro atoms. The van der Waals surface area contributed by atoms with Crippen molar-refractivity contribution in [2.45, 2.75) is 13.0 Å². The highest BCUT2D eigenvalue weighted by Crippen LogP contribution is 2.27. The van der Waals surface area contributed by atoms with Gasteiger partial charge in [0.05, 0.1) is 14.2 Å². The first kappa shape index (κ1) is 18.8. The average molecular weight is 362 g/mol. The molecule has 1 aromatic carbocycles. The third kappa shape index (κ3) is 5.22. The number of methoxy groups -OCH3 is 2. The summed E-state index contributed by atoms with van der Waals surface area (Å²) in [6.07, 6.45) is 0.250. The third-order valence-corrected chi connectivity index (χ3v) is 4.38. The van der Waals surface area contributed by atoms with E-state index in [1.54, 1.807) is 37.6 Å². The van der Waals surface area contributed by atoms with Gasteiger partial charge in [-0.15, -0.1) is 0 Å². The molecule has 0 unspecified atom stereocenters. The van der Waals surface area contributed by atoms with E-state index in [2.05, 4.69) is 5.32 Å². The number of hydrogen-bond donors (Lipinski definition) is 1. The zero-order valence-corrected chi connectivity index (χ0v) is 15.4. The average Bonchev–Trinajstić information content (AvgIpc) is 3.16. The first-order valence-corrected chi connectivity index (χ1v) is 8.74. The van der Waals surface area contributed by atoms with E-state index in [0.717, 1.165) is 5.56 Å². The summed E-state index contributed by atoms with van der Waals surface area (Å²) in [7, 11) is 4.89. The highest BCUT2D eigenvalue weighted by atomic mass is 32.1. The van der Waals surface area contributed by atoms with Gasteiger partial charge in [-0.3, -0.25) is 9.59 Å². The molecule has 2 aromatic rings. The molecule has 1 N–H and O–H groups in total. The van der Waals surface area contributed by atoms with E-state index < -0.39 is 0 Å². The van der Waals surface area contributed by atoms with E-state index in [4.69, 9.17) is 9.47 Å². The lowest BCUT2D eigenvalue weighted by Crippen LogP contribution is -2.31. The van der Waals surface area contributed by atoms with Crippen LogP contribution in [0.5, 0.6) is 11.5 Å².